The van der Waals surface area contributed by atoms with Crippen LogP contribution < -0.4 is 14.9 Å². The van der Waals surface area contributed by atoms with Crippen LogP contribution in [0.15, 0.2) is 57.8 Å². The molecule has 0 atom stereocenters. The summed E-state index contributed by atoms with van der Waals surface area (Å²) < 4.78 is 11.0. The molecule has 2 aromatic carbocycles. The molecular formula is C25H26N10O4. The summed E-state index contributed by atoms with van der Waals surface area (Å²) in [6, 6.07) is 14.5. The third-order valence-electron chi connectivity index (χ3n) is 5.44. The van der Waals surface area contributed by atoms with Crippen LogP contribution in [0, 0.1) is 11.3 Å². The lowest BCUT2D eigenvalue weighted by atomic mass is 10.0. The first-order valence-corrected chi connectivity index (χ1v) is 12.0. The zero-order valence-corrected chi connectivity index (χ0v) is 21.4. The van der Waals surface area contributed by atoms with Crippen LogP contribution in [0.4, 0.5) is 5.69 Å². The predicted molar refractivity (Wildman–Crippen MR) is 142 cm³/mol. The molecule has 0 fully saturated rings. The molecule has 200 valence electrons. The third kappa shape index (κ3) is 7.13. The second-order valence-corrected chi connectivity index (χ2v) is 8.02. The number of methoxy groups -OCH3 is 1. The maximum Gasteiger partial charge on any atom is 0.283 e. The standard InChI is InChI=1S/C25H26N10O4/c1-3-38-23-13-18(8-11-22(23)37-2)20-5-4-12-35(32-20)24(36)16-39-27-15-17-6-9-19(10-7-17)28-29-21(14-26)25-30-33-34-31-25/h6-11,13,15,28H,3-5,12,16H2,1-2H3,(H,30,31,33,34)/b27-15-,29-21-. The molecule has 2 N–H and O–H groups in total. The molecule has 0 unspecified atom stereocenters. The van der Waals surface area contributed by atoms with Crippen molar-refractivity contribution in [3.63, 3.8) is 0 Å². The molecule has 0 bridgehead atoms. The number of hydrogen-bond acceptors (Lipinski definition) is 12. The lowest BCUT2D eigenvalue weighted by Gasteiger charge is -2.23. The molecule has 14 nitrogen and oxygen atoms in total. The lowest BCUT2D eigenvalue weighted by molar-refractivity contribution is -0.136. The molecule has 1 aliphatic heterocycles. The summed E-state index contributed by atoms with van der Waals surface area (Å²) in [5.74, 6) is 1.07. The highest BCUT2D eigenvalue weighted by atomic mass is 16.6. The Labute approximate surface area is 223 Å². The molecule has 1 aliphatic rings. The lowest BCUT2D eigenvalue weighted by Crippen LogP contribution is -2.34. The van der Waals surface area contributed by atoms with Crippen LogP contribution in [0.3, 0.4) is 0 Å². The van der Waals surface area contributed by atoms with Gasteiger partial charge in [0, 0.05) is 12.1 Å². The normalized spacial score (nSPS) is 13.5. The molecule has 1 amide bonds. The fourth-order valence-corrected chi connectivity index (χ4v) is 3.57. The van der Waals surface area contributed by atoms with Gasteiger partial charge in [-0.15, -0.1) is 10.2 Å². The Morgan fingerprint density at radius 3 is 2.82 bits per heavy atom. The smallest absolute Gasteiger partial charge is 0.283 e. The van der Waals surface area contributed by atoms with Gasteiger partial charge in [-0.1, -0.05) is 17.3 Å². The largest absolute Gasteiger partial charge is 0.493 e. The number of H-pyrrole nitrogens is 1. The Balaban J connectivity index is 1.30. The number of nitrogens with one attached hydrogen (secondary N) is 2. The summed E-state index contributed by atoms with van der Waals surface area (Å²) in [7, 11) is 1.59. The average Bonchev–Trinajstić information content (AvgIpc) is 3.51. The zero-order chi connectivity index (χ0) is 27.5. The van der Waals surface area contributed by atoms with Gasteiger partial charge in [-0.2, -0.15) is 20.7 Å². The van der Waals surface area contributed by atoms with Crippen molar-refractivity contribution in [3.8, 4) is 17.6 Å². The van der Waals surface area contributed by atoms with Crippen molar-refractivity contribution in [1.82, 2.24) is 25.6 Å². The van der Waals surface area contributed by atoms with Crippen molar-refractivity contribution in [2.75, 3.05) is 32.3 Å². The fraction of sp³-hybridized carbons (Fsp3) is 0.280. The Morgan fingerprint density at radius 2 is 2.10 bits per heavy atom. The van der Waals surface area contributed by atoms with E-state index in [1.807, 2.05) is 31.2 Å². The molecular weight excluding hydrogens is 504 g/mol. The Morgan fingerprint density at radius 1 is 1.26 bits per heavy atom. The van der Waals surface area contributed by atoms with Crippen molar-refractivity contribution >= 4 is 29.2 Å². The summed E-state index contributed by atoms with van der Waals surface area (Å²) in [5.41, 5.74) is 5.76. The van der Waals surface area contributed by atoms with Crippen LogP contribution in [-0.2, 0) is 9.63 Å². The van der Waals surface area contributed by atoms with E-state index in [1.165, 1.54) is 11.2 Å². The van der Waals surface area contributed by atoms with Crippen molar-refractivity contribution < 1.29 is 19.1 Å². The van der Waals surface area contributed by atoms with Crippen molar-refractivity contribution in [3.05, 3.63) is 59.4 Å². The van der Waals surface area contributed by atoms with E-state index in [4.69, 9.17) is 19.6 Å². The van der Waals surface area contributed by atoms with Crippen LogP contribution >= 0.6 is 0 Å². The topological polar surface area (TPSA) is 175 Å². The first-order valence-electron chi connectivity index (χ1n) is 12.0. The number of aromatic amines is 1. The van der Waals surface area contributed by atoms with Gasteiger partial charge in [0.15, 0.2) is 18.1 Å². The van der Waals surface area contributed by atoms with Crippen LogP contribution in [0.5, 0.6) is 11.5 Å². The van der Waals surface area contributed by atoms with Crippen molar-refractivity contribution in [2.45, 2.75) is 19.8 Å². The van der Waals surface area contributed by atoms with E-state index in [0.717, 1.165) is 29.7 Å². The number of rotatable bonds is 11. The van der Waals surface area contributed by atoms with E-state index < -0.39 is 0 Å². The number of nitriles is 1. The van der Waals surface area contributed by atoms with E-state index in [-0.39, 0.29) is 24.1 Å². The number of carbonyl (C=O) groups excluding carboxylic acids is 1. The number of aromatic nitrogens is 4. The van der Waals surface area contributed by atoms with Gasteiger partial charge < -0.3 is 14.3 Å². The molecule has 1 aromatic heterocycles. The van der Waals surface area contributed by atoms with Gasteiger partial charge in [0.25, 0.3) is 5.91 Å². The van der Waals surface area contributed by atoms with Crippen LogP contribution in [0.2, 0.25) is 0 Å². The summed E-state index contributed by atoms with van der Waals surface area (Å²) in [5, 5.41) is 36.0. The summed E-state index contributed by atoms with van der Waals surface area (Å²) >= 11 is 0. The SMILES string of the molecule is CCOc1cc(C2=NN(C(=O)CO/N=C\c3ccc(N/N=C(/C#N)c4nn[nH]n4)cc3)CCC2)ccc1OC. The number of oxime groups is 1. The second kappa shape index (κ2) is 13.3. The minimum atomic E-state index is -0.296. The minimum absolute atomic E-state index is 0.0168. The quantitative estimate of drug-likeness (QED) is 0.278. The Bertz CT molecular complexity index is 1400. The monoisotopic (exact) mass is 530 g/mol. The number of nitrogens with zero attached hydrogens (tertiary/aromatic N) is 8. The number of benzene rings is 2. The molecule has 0 spiro atoms. The van der Waals surface area contributed by atoms with Crippen LogP contribution in [0.1, 0.15) is 36.7 Å². The van der Waals surface area contributed by atoms with Crippen molar-refractivity contribution in [2.24, 2.45) is 15.4 Å². The second-order valence-electron chi connectivity index (χ2n) is 8.02. The van der Waals surface area contributed by atoms with E-state index in [1.54, 1.807) is 31.4 Å². The van der Waals surface area contributed by atoms with Crippen LogP contribution in [0.25, 0.3) is 0 Å². The van der Waals surface area contributed by atoms with Gasteiger partial charge in [-0.3, -0.25) is 10.2 Å². The predicted octanol–water partition coefficient (Wildman–Crippen LogP) is 2.32. The molecule has 4 rings (SSSR count). The molecule has 0 saturated carbocycles. The Hall–Kier alpha value is -5.32. The highest BCUT2D eigenvalue weighted by Gasteiger charge is 2.20. The fourth-order valence-electron chi connectivity index (χ4n) is 3.57. The molecule has 14 heteroatoms. The zero-order valence-electron chi connectivity index (χ0n) is 21.4. The highest BCUT2D eigenvalue weighted by molar-refractivity contribution is 6.09. The summed E-state index contributed by atoms with van der Waals surface area (Å²) in [6.45, 7) is 2.67. The molecule has 0 radical (unpaired) electrons. The van der Waals surface area contributed by atoms with Crippen molar-refractivity contribution in [1.29, 1.82) is 5.26 Å². The molecule has 2 heterocycles. The third-order valence-corrected chi connectivity index (χ3v) is 5.44. The Kier molecular flexibility index (Phi) is 9.11. The highest BCUT2D eigenvalue weighted by Crippen LogP contribution is 2.29. The van der Waals surface area contributed by atoms with Gasteiger partial charge in [0.1, 0.15) is 6.07 Å². The minimum Gasteiger partial charge on any atom is -0.493 e. The number of ether oxygens (including phenoxy) is 2. The van der Waals surface area contributed by atoms with E-state index in [0.29, 0.717) is 30.3 Å². The number of carbonyl (C=O) groups is 1. The van der Waals surface area contributed by atoms with Gasteiger partial charge in [-0.05, 0) is 60.9 Å². The van der Waals surface area contributed by atoms with Gasteiger partial charge in [0.05, 0.1) is 31.3 Å². The van der Waals surface area contributed by atoms with Gasteiger partial charge >= 0.3 is 0 Å². The number of tetrazole rings is 1. The maximum absolute atomic E-state index is 12.7. The van der Waals surface area contributed by atoms with Gasteiger partial charge in [-0.25, -0.2) is 5.01 Å². The maximum atomic E-state index is 12.7. The molecule has 39 heavy (non-hydrogen) atoms. The molecule has 0 aliphatic carbocycles. The number of anilines is 1. The number of amides is 1. The van der Waals surface area contributed by atoms with E-state index >= 15 is 0 Å². The number of hydrogen-bond donors (Lipinski definition) is 2. The van der Waals surface area contributed by atoms with E-state index in [2.05, 4.69) is 41.4 Å². The first-order chi connectivity index (χ1) is 19.1. The first kappa shape index (κ1) is 26.7. The average molecular weight is 531 g/mol. The summed E-state index contributed by atoms with van der Waals surface area (Å²) in [6.07, 6.45) is 3.00. The number of hydrazone groups is 2. The van der Waals surface area contributed by atoms with Crippen LogP contribution in [-0.4, -0.2) is 76.0 Å². The molecule has 3 aromatic rings. The van der Waals surface area contributed by atoms with E-state index in [9.17, 15) is 4.79 Å². The molecule has 0 saturated heterocycles. The summed E-state index contributed by atoms with van der Waals surface area (Å²) in [4.78, 5) is 17.9. The van der Waals surface area contributed by atoms with Gasteiger partial charge in [0.2, 0.25) is 11.5 Å².